The van der Waals surface area contributed by atoms with E-state index in [1.54, 1.807) is 23.1 Å². The first-order chi connectivity index (χ1) is 15.9. The van der Waals surface area contributed by atoms with E-state index >= 15 is 0 Å². The number of fused-ring (bicyclic) bond motifs is 1. The van der Waals surface area contributed by atoms with Crippen LogP contribution in [-0.2, 0) is 4.79 Å². The normalized spacial score (nSPS) is 13.8. The van der Waals surface area contributed by atoms with Crippen LogP contribution in [-0.4, -0.2) is 54.1 Å². The molecule has 0 aliphatic carbocycles. The number of hydrogen-bond donors (Lipinski definition) is 0. The second-order valence-corrected chi connectivity index (χ2v) is 8.22. The molecule has 2 aromatic carbocycles. The standard InChI is InChI=1S/C25H24ClFN4O2/c1-5-20(32)30-9-11-31(12-10-30)25-16-13-17(26)22(21(15(2)3)24(16)28-14-29-25)23-18(27)7-6-8-19(23)33-4/h5-8,13-14H,1-2,9-12H2,3-4H3. The van der Waals surface area contributed by atoms with Gasteiger partial charge in [0.2, 0.25) is 5.91 Å². The van der Waals surface area contributed by atoms with Gasteiger partial charge in [0.1, 0.15) is 23.7 Å². The lowest BCUT2D eigenvalue weighted by molar-refractivity contribution is -0.126. The van der Waals surface area contributed by atoms with Crippen LogP contribution in [0.1, 0.15) is 12.5 Å². The maximum atomic E-state index is 15.0. The van der Waals surface area contributed by atoms with Gasteiger partial charge in [-0.1, -0.05) is 30.8 Å². The Morgan fingerprint density at radius 1 is 1.21 bits per heavy atom. The highest BCUT2D eigenvalue weighted by molar-refractivity contribution is 6.35. The van der Waals surface area contributed by atoms with Crippen molar-refractivity contribution >= 4 is 39.8 Å². The molecule has 170 valence electrons. The van der Waals surface area contributed by atoms with E-state index in [0.717, 1.165) is 5.39 Å². The summed E-state index contributed by atoms with van der Waals surface area (Å²) in [6, 6.07) is 6.41. The number of halogens is 2. The Morgan fingerprint density at radius 3 is 2.58 bits per heavy atom. The number of hydrogen-bond acceptors (Lipinski definition) is 5. The third-order valence-corrected chi connectivity index (χ3v) is 6.10. The number of allylic oxidation sites excluding steroid dienone is 1. The molecule has 8 heteroatoms. The highest BCUT2D eigenvalue weighted by Gasteiger charge is 2.26. The fourth-order valence-corrected chi connectivity index (χ4v) is 4.55. The van der Waals surface area contributed by atoms with Gasteiger partial charge in [0.15, 0.2) is 0 Å². The molecule has 1 amide bonds. The van der Waals surface area contributed by atoms with Crippen molar-refractivity contribution in [3.8, 4) is 16.9 Å². The summed E-state index contributed by atoms with van der Waals surface area (Å²) in [5, 5.41) is 1.09. The van der Waals surface area contributed by atoms with Crippen molar-refractivity contribution < 1.29 is 13.9 Å². The van der Waals surface area contributed by atoms with Crippen molar-refractivity contribution in [3.63, 3.8) is 0 Å². The molecule has 0 N–H and O–H groups in total. The lowest BCUT2D eigenvalue weighted by Gasteiger charge is -2.35. The lowest BCUT2D eigenvalue weighted by atomic mass is 9.92. The Balaban J connectivity index is 1.89. The number of aromatic nitrogens is 2. The minimum absolute atomic E-state index is 0.0849. The summed E-state index contributed by atoms with van der Waals surface area (Å²) < 4.78 is 20.4. The van der Waals surface area contributed by atoms with E-state index in [0.29, 0.717) is 65.0 Å². The van der Waals surface area contributed by atoms with Crippen LogP contribution in [0, 0.1) is 5.82 Å². The van der Waals surface area contributed by atoms with Gasteiger partial charge in [-0.25, -0.2) is 14.4 Å². The molecule has 4 rings (SSSR count). The molecule has 6 nitrogen and oxygen atoms in total. The summed E-state index contributed by atoms with van der Waals surface area (Å²) >= 11 is 6.78. The third-order valence-electron chi connectivity index (χ3n) is 5.80. The molecule has 1 aliphatic heterocycles. The summed E-state index contributed by atoms with van der Waals surface area (Å²) in [5.74, 6) is 0.548. The van der Waals surface area contributed by atoms with E-state index in [9.17, 15) is 9.18 Å². The van der Waals surface area contributed by atoms with Gasteiger partial charge in [0, 0.05) is 42.7 Å². The van der Waals surface area contributed by atoms with Crippen LogP contribution in [0.3, 0.4) is 0 Å². The van der Waals surface area contributed by atoms with E-state index in [1.165, 1.54) is 25.6 Å². The van der Waals surface area contributed by atoms with Gasteiger partial charge in [0.05, 0.1) is 23.2 Å². The first-order valence-electron chi connectivity index (χ1n) is 10.5. The molecular formula is C25H24ClFN4O2. The van der Waals surface area contributed by atoms with Crippen LogP contribution >= 0.6 is 11.6 Å². The van der Waals surface area contributed by atoms with Gasteiger partial charge in [-0.3, -0.25) is 4.79 Å². The largest absolute Gasteiger partial charge is 0.496 e. The minimum Gasteiger partial charge on any atom is -0.496 e. The summed E-state index contributed by atoms with van der Waals surface area (Å²) in [6.07, 6.45) is 2.81. The van der Waals surface area contributed by atoms with E-state index < -0.39 is 5.82 Å². The highest BCUT2D eigenvalue weighted by Crippen LogP contribution is 2.45. The fourth-order valence-electron chi connectivity index (χ4n) is 4.25. The van der Waals surface area contributed by atoms with Crippen LogP contribution in [0.4, 0.5) is 10.2 Å². The number of carbonyl (C=O) groups is 1. The van der Waals surface area contributed by atoms with Crippen molar-refractivity contribution in [1.29, 1.82) is 0 Å². The van der Waals surface area contributed by atoms with Crippen molar-refractivity contribution in [1.82, 2.24) is 14.9 Å². The second-order valence-electron chi connectivity index (χ2n) is 7.82. The van der Waals surface area contributed by atoms with Crippen molar-refractivity contribution in [3.05, 3.63) is 66.2 Å². The molecule has 2 heterocycles. The Bertz CT molecular complexity index is 1270. The van der Waals surface area contributed by atoms with E-state index in [1.807, 2.05) is 6.92 Å². The minimum atomic E-state index is -0.449. The Hall–Kier alpha value is -3.45. The molecule has 1 aliphatic rings. The van der Waals surface area contributed by atoms with Gasteiger partial charge < -0.3 is 14.5 Å². The fraction of sp³-hybridized carbons (Fsp3) is 0.240. The Morgan fingerprint density at radius 2 is 1.94 bits per heavy atom. The lowest BCUT2D eigenvalue weighted by Crippen LogP contribution is -2.48. The predicted octanol–water partition coefficient (Wildman–Crippen LogP) is 4.97. The molecule has 1 saturated heterocycles. The number of methoxy groups -OCH3 is 1. The number of ether oxygens (including phenoxy) is 1. The van der Waals surface area contributed by atoms with Crippen LogP contribution < -0.4 is 9.64 Å². The molecule has 0 atom stereocenters. The molecule has 0 unspecified atom stereocenters. The number of rotatable bonds is 5. The zero-order valence-electron chi connectivity index (χ0n) is 18.6. The average Bonchev–Trinajstić information content (AvgIpc) is 2.82. The van der Waals surface area contributed by atoms with Gasteiger partial charge >= 0.3 is 0 Å². The van der Waals surface area contributed by atoms with Crippen molar-refractivity contribution in [2.75, 3.05) is 38.2 Å². The highest BCUT2D eigenvalue weighted by atomic mass is 35.5. The molecule has 3 aromatic rings. The van der Waals surface area contributed by atoms with Crippen LogP contribution in [0.25, 0.3) is 27.6 Å². The maximum absolute atomic E-state index is 15.0. The monoisotopic (exact) mass is 466 g/mol. The topological polar surface area (TPSA) is 58.6 Å². The number of amides is 1. The van der Waals surface area contributed by atoms with Gasteiger partial charge in [-0.05, 0) is 36.8 Å². The summed E-state index contributed by atoms with van der Waals surface area (Å²) in [5.41, 5.74) is 2.71. The predicted molar refractivity (Wildman–Crippen MR) is 130 cm³/mol. The van der Waals surface area contributed by atoms with Crippen molar-refractivity contribution in [2.45, 2.75) is 6.92 Å². The number of carbonyl (C=O) groups excluding carboxylic acids is 1. The van der Waals surface area contributed by atoms with E-state index in [2.05, 4.69) is 28.0 Å². The van der Waals surface area contributed by atoms with Crippen molar-refractivity contribution in [2.24, 2.45) is 0 Å². The smallest absolute Gasteiger partial charge is 0.246 e. The summed E-state index contributed by atoms with van der Waals surface area (Å²) in [4.78, 5) is 24.8. The maximum Gasteiger partial charge on any atom is 0.246 e. The SMILES string of the molecule is C=CC(=O)N1CCN(c2ncnc3c(C(=C)C)c(-c4c(F)cccc4OC)c(Cl)cc23)CC1. The van der Waals surface area contributed by atoms with Crippen LogP contribution in [0.5, 0.6) is 5.75 Å². The summed E-state index contributed by atoms with van der Waals surface area (Å²) in [6.45, 7) is 11.8. The van der Waals surface area contributed by atoms with Gasteiger partial charge in [-0.15, -0.1) is 0 Å². The first-order valence-corrected chi connectivity index (χ1v) is 10.9. The molecule has 33 heavy (non-hydrogen) atoms. The summed E-state index contributed by atoms with van der Waals surface area (Å²) in [7, 11) is 1.49. The third kappa shape index (κ3) is 4.04. The molecule has 0 bridgehead atoms. The number of nitrogens with zero attached hydrogens (tertiary/aromatic N) is 4. The molecule has 1 fully saturated rings. The zero-order valence-corrected chi connectivity index (χ0v) is 19.3. The Labute approximate surface area is 197 Å². The Kier molecular flexibility index (Phi) is 6.33. The number of benzene rings is 2. The molecule has 0 saturated carbocycles. The van der Waals surface area contributed by atoms with E-state index in [4.69, 9.17) is 16.3 Å². The average molecular weight is 467 g/mol. The van der Waals surface area contributed by atoms with Crippen LogP contribution in [0.2, 0.25) is 5.02 Å². The quantitative estimate of drug-likeness (QED) is 0.497. The molecule has 0 radical (unpaired) electrons. The second kappa shape index (κ2) is 9.19. The molecule has 1 aromatic heterocycles. The first kappa shape index (κ1) is 22.7. The van der Waals surface area contributed by atoms with Gasteiger partial charge in [0.25, 0.3) is 0 Å². The molecule has 0 spiro atoms. The molecular weight excluding hydrogens is 443 g/mol. The van der Waals surface area contributed by atoms with Crippen LogP contribution in [0.15, 0.2) is 49.8 Å². The van der Waals surface area contributed by atoms with Gasteiger partial charge in [-0.2, -0.15) is 0 Å². The van der Waals surface area contributed by atoms with E-state index in [-0.39, 0.29) is 11.5 Å². The number of piperazine rings is 1. The zero-order chi connectivity index (χ0) is 23.7. The number of anilines is 1.